The molecule has 0 saturated heterocycles. The Morgan fingerprint density at radius 1 is 0.974 bits per heavy atom. The van der Waals surface area contributed by atoms with Crippen molar-refractivity contribution < 1.29 is 9.59 Å². The number of hydrazone groups is 1. The molecule has 1 atom stereocenters. The van der Waals surface area contributed by atoms with Crippen molar-refractivity contribution in [2.75, 3.05) is 0 Å². The Balaban J connectivity index is 1.53. The number of carbonyl (C=O) groups is 2. The summed E-state index contributed by atoms with van der Waals surface area (Å²) in [5.41, 5.74) is 6.91. The van der Waals surface area contributed by atoms with E-state index in [0.29, 0.717) is 27.2 Å². The molecule has 2 amide bonds. The highest BCUT2D eigenvalue weighted by Gasteiger charge is 2.24. The fourth-order valence-corrected chi connectivity index (χ4v) is 4.68. The lowest BCUT2D eigenvalue weighted by Gasteiger charge is -2.20. The first-order valence-corrected chi connectivity index (χ1v) is 13.2. The number of para-hydroxylation sites is 1. The second kappa shape index (κ2) is 12.0. The highest BCUT2D eigenvalue weighted by molar-refractivity contribution is 6.42. The Labute approximate surface area is 236 Å². The van der Waals surface area contributed by atoms with Gasteiger partial charge in [-0.25, -0.2) is 5.43 Å². The molecule has 2 N–H and O–H groups in total. The highest BCUT2D eigenvalue weighted by Crippen LogP contribution is 2.28. The van der Waals surface area contributed by atoms with Crippen molar-refractivity contribution in [3.63, 3.8) is 0 Å². The molecule has 3 aromatic carbocycles. The summed E-state index contributed by atoms with van der Waals surface area (Å²) in [6.07, 6.45) is 1.64. The van der Waals surface area contributed by atoms with Crippen LogP contribution in [-0.4, -0.2) is 28.6 Å². The van der Waals surface area contributed by atoms with E-state index in [-0.39, 0.29) is 11.8 Å². The predicted octanol–water partition coefficient (Wildman–Crippen LogP) is 6.86. The number of halogens is 3. The van der Waals surface area contributed by atoms with Gasteiger partial charge < -0.3 is 9.88 Å². The highest BCUT2D eigenvalue weighted by atomic mass is 35.5. The van der Waals surface area contributed by atoms with Gasteiger partial charge >= 0.3 is 0 Å². The smallest absolute Gasteiger partial charge is 0.262 e. The fourth-order valence-electron chi connectivity index (χ4n) is 4.24. The van der Waals surface area contributed by atoms with E-state index >= 15 is 0 Å². The topological polar surface area (TPSA) is 75.5 Å². The maximum atomic E-state index is 13.0. The second-order valence-electron chi connectivity index (χ2n) is 9.29. The largest absolute Gasteiger partial charge is 0.340 e. The third kappa shape index (κ3) is 6.21. The van der Waals surface area contributed by atoms with Crippen LogP contribution < -0.4 is 10.7 Å². The van der Waals surface area contributed by atoms with Crippen molar-refractivity contribution in [1.82, 2.24) is 15.3 Å². The summed E-state index contributed by atoms with van der Waals surface area (Å²) in [5, 5.41) is 9.58. The van der Waals surface area contributed by atoms with Crippen LogP contribution in [0.3, 0.4) is 0 Å². The summed E-state index contributed by atoms with van der Waals surface area (Å²) in [6, 6.07) is 19.3. The molecule has 38 heavy (non-hydrogen) atoms. The Hall–Kier alpha value is -3.32. The van der Waals surface area contributed by atoms with Crippen LogP contribution >= 0.6 is 34.8 Å². The number of rotatable bonds is 8. The lowest BCUT2D eigenvalue weighted by atomic mass is 10.0. The summed E-state index contributed by atoms with van der Waals surface area (Å²) in [7, 11) is 0. The molecular formula is C29H27Cl3N4O2. The maximum Gasteiger partial charge on any atom is 0.262 e. The molecule has 0 spiro atoms. The van der Waals surface area contributed by atoms with Gasteiger partial charge in [-0.3, -0.25) is 9.59 Å². The normalized spacial score (nSPS) is 12.3. The average Bonchev–Trinajstić information content (AvgIpc) is 3.15. The quantitative estimate of drug-likeness (QED) is 0.180. The van der Waals surface area contributed by atoms with Gasteiger partial charge in [-0.1, -0.05) is 72.9 Å². The number of nitrogens with zero attached hydrogens (tertiary/aromatic N) is 2. The Bertz CT molecular complexity index is 1510. The van der Waals surface area contributed by atoms with Crippen LogP contribution in [0.4, 0.5) is 0 Å². The predicted molar refractivity (Wildman–Crippen MR) is 156 cm³/mol. The van der Waals surface area contributed by atoms with Crippen molar-refractivity contribution >= 4 is 63.7 Å². The molecule has 1 aromatic heterocycles. The van der Waals surface area contributed by atoms with Crippen LogP contribution in [0, 0.1) is 12.8 Å². The molecule has 196 valence electrons. The first-order valence-electron chi connectivity index (χ1n) is 12.1. The van der Waals surface area contributed by atoms with Crippen LogP contribution in [0.1, 0.15) is 41.0 Å². The zero-order valence-corrected chi connectivity index (χ0v) is 23.4. The van der Waals surface area contributed by atoms with Gasteiger partial charge in [-0.15, -0.1) is 0 Å². The number of amides is 2. The summed E-state index contributed by atoms with van der Waals surface area (Å²) in [6.45, 7) is 6.31. The first-order chi connectivity index (χ1) is 18.2. The van der Waals surface area contributed by atoms with Gasteiger partial charge in [0, 0.05) is 39.3 Å². The molecular weight excluding hydrogens is 543 g/mol. The summed E-state index contributed by atoms with van der Waals surface area (Å²) < 4.78 is 2.17. The van der Waals surface area contributed by atoms with Crippen molar-refractivity contribution in [2.24, 2.45) is 11.0 Å². The van der Waals surface area contributed by atoms with Crippen molar-refractivity contribution in [3.8, 4) is 0 Å². The standard InChI is InChI=1S/C29H27Cl3N4O2/c1-17(2)27(34-28(37)20-9-11-21(30)12-10-20)29(38)35-33-15-23-18(3)36(26-7-5-4-6-22(23)26)16-19-8-13-24(31)25(32)14-19/h4-15,17,27H,16H2,1-3H3,(H,34,37)(H,35,38). The van der Waals surface area contributed by atoms with Crippen LogP contribution in [0.15, 0.2) is 71.8 Å². The summed E-state index contributed by atoms with van der Waals surface area (Å²) >= 11 is 18.2. The summed E-state index contributed by atoms with van der Waals surface area (Å²) in [4.78, 5) is 25.6. The molecule has 6 nitrogen and oxygen atoms in total. The molecule has 0 bridgehead atoms. The van der Waals surface area contributed by atoms with Gasteiger partial charge in [-0.05, 0) is 60.9 Å². The van der Waals surface area contributed by atoms with Crippen molar-refractivity contribution in [2.45, 2.75) is 33.4 Å². The number of hydrogen-bond acceptors (Lipinski definition) is 3. The second-order valence-corrected chi connectivity index (χ2v) is 10.5. The number of carbonyl (C=O) groups excluding carboxylic acids is 2. The van der Waals surface area contributed by atoms with E-state index in [0.717, 1.165) is 27.7 Å². The molecule has 1 heterocycles. The van der Waals surface area contributed by atoms with Gasteiger partial charge in [0.25, 0.3) is 11.8 Å². The van der Waals surface area contributed by atoms with Gasteiger partial charge in [0.2, 0.25) is 0 Å². The van der Waals surface area contributed by atoms with Gasteiger partial charge in [0.15, 0.2) is 0 Å². The maximum absolute atomic E-state index is 13.0. The Morgan fingerprint density at radius 2 is 1.68 bits per heavy atom. The molecule has 4 aromatic rings. The van der Waals surface area contributed by atoms with Crippen LogP contribution in [0.2, 0.25) is 15.1 Å². The third-order valence-electron chi connectivity index (χ3n) is 6.31. The van der Waals surface area contributed by atoms with Crippen molar-refractivity contribution in [1.29, 1.82) is 0 Å². The number of aromatic nitrogens is 1. The Kier molecular flexibility index (Phi) is 8.77. The number of hydrogen-bond donors (Lipinski definition) is 2. The first kappa shape index (κ1) is 27.7. The molecule has 0 fully saturated rings. The van der Waals surface area contributed by atoms with E-state index in [1.54, 1.807) is 36.5 Å². The minimum atomic E-state index is -0.771. The van der Waals surface area contributed by atoms with Crippen LogP contribution in [-0.2, 0) is 11.3 Å². The molecule has 9 heteroatoms. The zero-order chi connectivity index (χ0) is 27.4. The molecule has 0 aliphatic carbocycles. The molecule has 1 unspecified atom stereocenters. The van der Waals surface area contributed by atoms with Crippen molar-refractivity contribution in [3.05, 3.63) is 104 Å². The average molecular weight is 570 g/mol. The number of nitrogens with one attached hydrogen (secondary N) is 2. The van der Waals surface area contributed by atoms with Crippen LogP contribution in [0.25, 0.3) is 10.9 Å². The molecule has 4 rings (SSSR count). The van der Waals surface area contributed by atoms with Gasteiger partial charge in [0.05, 0.1) is 16.3 Å². The lowest BCUT2D eigenvalue weighted by molar-refractivity contribution is -0.123. The minimum absolute atomic E-state index is 0.156. The zero-order valence-electron chi connectivity index (χ0n) is 21.1. The Morgan fingerprint density at radius 3 is 2.37 bits per heavy atom. The fraction of sp³-hybridized carbons (Fsp3) is 0.207. The van der Waals surface area contributed by atoms with E-state index in [2.05, 4.69) is 20.4 Å². The van der Waals surface area contributed by atoms with E-state index in [9.17, 15) is 9.59 Å². The molecule has 0 aliphatic heterocycles. The van der Waals surface area contributed by atoms with E-state index < -0.39 is 11.9 Å². The van der Waals surface area contributed by atoms with E-state index in [4.69, 9.17) is 34.8 Å². The monoisotopic (exact) mass is 568 g/mol. The van der Waals surface area contributed by atoms with Gasteiger partial charge in [-0.2, -0.15) is 5.10 Å². The molecule has 0 aliphatic rings. The van der Waals surface area contributed by atoms with E-state index in [1.165, 1.54) is 0 Å². The molecule has 0 radical (unpaired) electrons. The molecule has 0 saturated carbocycles. The summed E-state index contributed by atoms with van der Waals surface area (Å²) in [5.74, 6) is -0.923. The third-order valence-corrected chi connectivity index (χ3v) is 7.31. The lowest BCUT2D eigenvalue weighted by Crippen LogP contribution is -2.48. The number of benzene rings is 3. The van der Waals surface area contributed by atoms with Gasteiger partial charge in [0.1, 0.15) is 6.04 Å². The van der Waals surface area contributed by atoms with Crippen LogP contribution in [0.5, 0.6) is 0 Å². The minimum Gasteiger partial charge on any atom is -0.340 e. The SMILES string of the molecule is Cc1c(C=NNC(=O)C(NC(=O)c2ccc(Cl)cc2)C(C)C)c2ccccc2n1Cc1ccc(Cl)c(Cl)c1. The van der Waals surface area contributed by atoms with E-state index in [1.807, 2.05) is 57.2 Å². The number of fused-ring (bicyclic) bond motifs is 1.